The van der Waals surface area contributed by atoms with Gasteiger partial charge in [0.05, 0.1) is 0 Å². The molecule has 296 valence electrons. The standard InChI is InChI=1S/C44H84O6/c1-4-7-10-13-16-17-18-19-20-21-22-23-24-25-26-27-29-31-34-37-43(46)49-40-41(39-48-42(45)36-33-30-15-12-9-6-3)50-44(47)38-35-32-28-14-11-8-5-2/h41H,4-40H2,1-3H3. The summed E-state index contributed by atoms with van der Waals surface area (Å²) in [5.41, 5.74) is 0. The summed E-state index contributed by atoms with van der Waals surface area (Å²) in [6, 6.07) is 0. The van der Waals surface area contributed by atoms with Crippen LogP contribution in [-0.4, -0.2) is 37.2 Å². The molecule has 6 nitrogen and oxygen atoms in total. The van der Waals surface area contributed by atoms with Gasteiger partial charge in [-0.05, 0) is 19.3 Å². The second-order valence-corrected chi connectivity index (χ2v) is 15.0. The maximum Gasteiger partial charge on any atom is 0.306 e. The summed E-state index contributed by atoms with van der Waals surface area (Å²) in [5, 5.41) is 0. The first kappa shape index (κ1) is 48.4. The van der Waals surface area contributed by atoms with Crippen LogP contribution in [0.2, 0.25) is 0 Å². The van der Waals surface area contributed by atoms with Gasteiger partial charge in [-0.15, -0.1) is 0 Å². The zero-order valence-corrected chi connectivity index (χ0v) is 33.7. The average Bonchev–Trinajstić information content (AvgIpc) is 3.11. The molecule has 0 aromatic carbocycles. The van der Waals surface area contributed by atoms with Gasteiger partial charge in [0.2, 0.25) is 0 Å². The number of rotatable bonds is 40. The summed E-state index contributed by atoms with van der Waals surface area (Å²) >= 11 is 0. The summed E-state index contributed by atoms with van der Waals surface area (Å²) in [4.78, 5) is 37.3. The van der Waals surface area contributed by atoms with E-state index in [1.807, 2.05) is 0 Å². The fourth-order valence-electron chi connectivity index (χ4n) is 6.50. The molecule has 0 saturated heterocycles. The molecule has 6 heteroatoms. The molecule has 1 unspecified atom stereocenters. The Balaban J connectivity index is 4.06. The molecule has 0 aliphatic carbocycles. The second-order valence-electron chi connectivity index (χ2n) is 15.0. The van der Waals surface area contributed by atoms with Crippen LogP contribution in [0.15, 0.2) is 0 Å². The quantitative estimate of drug-likeness (QED) is 0.0358. The monoisotopic (exact) mass is 709 g/mol. The van der Waals surface area contributed by atoms with Gasteiger partial charge in [0, 0.05) is 19.3 Å². The van der Waals surface area contributed by atoms with E-state index in [0.717, 1.165) is 57.8 Å². The van der Waals surface area contributed by atoms with Crippen molar-refractivity contribution < 1.29 is 28.6 Å². The molecule has 0 aliphatic rings. The molecule has 0 bridgehead atoms. The Morgan fingerprint density at radius 1 is 0.320 bits per heavy atom. The van der Waals surface area contributed by atoms with Gasteiger partial charge in [0.1, 0.15) is 13.2 Å². The molecule has 0 spiro atoms. The van der Waals surface area contributed by atoms with Crippen LogP contribution < -0.4 is 0 Å². The molecule has 0 N–H and O–H groups in total. The highest BCUT2D eigenvalue weighted by Gasteiger charge is 2.19. The largest absolute Gasteiger partial charge is 0.462 e. The Hall–Kier alpha value is -1.59. The van der Waals surface area contributed by atoms with Crippen LogP contribution >= 0.6 is 0 Å². The van der Waals surface area contributed by atoms with Crippen LogP contribution in [0.5, 0.6) is 0 Å². The van der Waals surface area contributed by atoms with Gasteiger partial charge in [0.25, 0.3) is 0 Å². The van der Waals surface area contributed by atoms with Gasteiger partial charge in [0.15, 0.2) is 6.10 Å². The second kappa shape index (κ2) is 40.2. The first-order valence-corrected chi connectivity index (χ1v) is 22.0. The zero-order valence-electron chi connectivity index (χ0n) is 33.7. The van der Waals surface area contributed by atoms with E-state index >= 15 is 0 Å². The smallest absolute Gasteiger partial charge is 0.306 e. The molecule has 0 radical (unpaired) electrons. The first-order chi connectivity index (χ1) is 24.5. The lowest BCUT2D eigenvalue weighted by Gasteiger charge is -2.18. The van der Waals surface area contributed by atoms with Gasteiger partial charge >= 0.3 is 17.9 Å². The fourth-order valence-corrected chi connectivity index (χ4v) is 6.50. The lowest BCUT2D eigenvalue weighted by Crippen LogP contribution is -2.30. The van der Waals surface area contributed by atoms with E-state index in [1.165, 1.54) is 148 Å². The topological polar surface area (TPSA) is 78.9 Å². The number of carbonyl (C=O) groups is 3. The summed E-state index contributed by atoms with van der Waals surface area (Å²) in [7, 11) is 0. The lowest BCUT2D eigenvalue weighted by atomic mass is 10.0. The summed E-state index contributed by atoms with van der Waals surface area (Å²) in [5.74, 6) is -0.872. The first-order valence-electron chi connectivity index (χ1n) is 22.0. The zero-order chi connectivity index (χ0) is 36.6. The normalized spacial score (nSPS) is 11.8. The van der Waals surface area contributed by atoms with Crippen molar-refractivity contribution in [3.63, 3.8) is 0 Å². The molecule has 0 aliphatic heterocycles. The molecular weight excluding hydrogens is 624 g/mol. The van der Waals surface area contributed by atoms with E-state index in [-0.39, 0.29) is 31.1 Å². The summed E-state index contributed by atoms with van der Waals surface area (Å²) in [6.45, 7) is 6.55. The van der Waals surface area contributed by atoms with Gasteiger partial charge < -0.3 is 14.2 Å². The van der Waals surface area contributed by atoms with Crippen LogP contribution in [-0.2, 0) is 28.6 Å². The lowest BCUT2D eigenvalue weighted by molar-refractivity contribution is -0.167. The predicted octanol–water partition coefficient (Wildman–Crippen LogP) is 13.7. The minimum absolute atomic E-state index is 0.0645. The van der Waals surface area contributed by atoms with Crippen molar-refractivity contribution in [2.45, 2.75) is 252 Å². The van der Waals surface area contributed by atoms with Crippen molar-refractivity contribution in [3.8, 4) is 0 Å². The van der Waals surface area contributed by atoms with Gasteiger partial charge in [-0.3, -0.25) is 14.4 Å². The highest BCUT2D eigenvalue weighted by Crippen LogP contribution is 2.16. The van der Waals surface area contributed by atoms with E-state index in [4.69, 9.17) is 14.2 Å². The molecule has 0 heterocycles. The Morgan fingerprint density at radius 3 is 0.800 bits per heavy atom. The van der Waals surface area contributed by atoms with E-state index in [1.54, 1.807) is 0 Å². The Morgan fingerprint density at radius 2 is 0.540 bits per heavy atom. The summed E-state index contributed by atoms with van der Waals surface area (Å²) in [6.07, 6.45) is 39.8. The van der Waals surface area contributed by atoms with Crippen LogP contribution in [0, 0.1) is 0 Å². The number of ether oxygens (including phenoxy) is 3. The van der Waals surface area contributed by atoms with Crippen molar-refractivity contribution in [2.24, 2.45) is 0 Å². The third-order valence-electron chi connectivity index (χ3n) is 9.86. The average molecular weight is 709 g/mol. The highest BCUT2D eigenvalue weighted by atomic mass is 16.6. The Labute approximate surface area is 310 Å². The van der Waals surface area contributed by atoms with E-state index < -0.39 is 6.10 Å². The van der Waals surface area contributed by atoms with E-state index in [9.17, 15) is 14.4 Å². The third-order valence-corrected chi connectivity index (χ3v) is 9.86. The SMILES string of the molecule is CCCCCCCCCCCCCCCCCCCCCC(=O)OCC(COC(=O)CCCCCCCC)OC(=O)CCCCCCCCC. The number of hydrogen-bond acceptors (Lipinski definition) is 6. The molecule has 0 saturated carbocycles. The maximum absolute atomic E-state index is 12.5. The van der Waals surface area contributed by atoms with Crippen molar-refractivity contribution in [3.05, 3.63) is 0 Å². The number of carbonyl (C=O) groups excluding carboxylic acids is 3. The third kappa shape index (κ3) is 37.7. The predicted molar refractivity (Wildman–Crippen MR) is 210 cm³/mol. The van der Waals surface area contributed by atoms with Crippen LogP contribution in [0.25, 0.3) is 0 Å². The van der Waals surface area contributed by atoms with E-state index in [2.05, 4.69) is 20.8 Å². The van der Waals surface area contributed by atoms with Crippen molar-refractivity contribution in [1.29, 1.82) is 0 Å². The molecule has 0 fully saturated rings. The molecule has 0 aromatic rings. The number of hydrogen-bond donors (Lipinski definition) is 0. The molecule has 0 amide bonds. The maximum atomic E-state index is 12.5. The van der Waals surface area contributed by atoms with Crippen molar-refractivity contribution >= 4 is 17.9 Å². The fraction of sp³-hybridized carbons (Fsp3) is 0.932. The number of unbranched alkanes of at least 4 members (excludes halogenated alkanes) is 29. The van der Waals surface area contributed by atoms with Gasteiger partial charge in [-0.1, -0.05) is 207 Å². The molecule has 50 heavy (non-hydrogen) atoms. The highest BCUT2D eigenvalue weighted by molar-refractivity contribution is 5.71. The number of esters is 3. The van der Waals surface area contributed by atoms with Gasteiger partial charge in [-0.2, -0.15) is 0 Å². The minimum Gasteiger partial charge on any atom is -0.462 e. The van der Waals surface area contributed by atoms with Crippen molar-refractivity contribution in [1.82, 2.24) is 0 Å². The minimum atomic E-state index is -0.755. The van der Waals surface area contributed by atoms with E-state index in [0.29, 0.717) is 19.3 Å². The van der Waals surface area contributed by atoms with Gasteiger partial charge in [-0.25, -0.2) is 0 Å². The van der Waals surface area contributed by atoms with Crippen LogP contribution in [0.3, 0.4) is 0 Å². The molecule has 0 rings (SSSR count). The summed E-state index contributed by atoms with van der Waals surface area (Å²) < 4.78 is 16.5. The molecule has 0 aromatic heterocycles. The Kier molecular flexibility index (Phi) is 38.9. The van der Waals surface area contributed by atoms with Crippen molar-refractivity contribution in [2.75, 3.05) is 13.2 Å². The molecular formula is C44H84O6. The van der Waals surface area contributed by atoms with Crippen LogP contribution in [0.4, 0.5) is 0 Å². The molecule has 1 atom stereocenters. The van der Waals surface area contributed by atoms with Crippen LogP contribution in [0.1, 0.15) is 245 Å². The Bertz CT molecular complexity index is 738.